The van der Waals surface area contributed by atoms with Gasteiger partial charge in [0.05, 0.1) is 7.11 Å². The van der Waals surface area contributed by atoms with E-state index < -0.39 is 0 Å². The van der Waals surface area contributed by atoms with Crippen LogP contribution in [0.4, 0.5) is 0 Å². The molecule has 0 amide bonds. The second-order valence-corrected chi connectivity index (χ2v) is 7.65. The summed E-state index contributed by atoms with van der Waals surface area (Å²) in [5.74, 6) is 1.67. The van der Waals surface area contributed by atoms with Crippen LogP contribution < -0.4 is 14.8 Å². The molecule has 0 bridgehead atoms. The Morgan fingerprint density at radius 3 is 2.44 bits per heavy atom. The van der Waals surface area contributed by atoms with Crippen LogP contribution >= 0.6 is 0 Å². The summed E-state index contributed by atoms with van der Waals surface area (Å²) in [6.07, 6.45) is 9.40. The third kappa shape index (κ3) is 6.00. The third-order valence-corrected chi connectivity index (χ3v) is 5.43. The minimum absolute atomic E-state index is 0.554. The smallest absolute Gasteiger partial charge is 0.166 e. The van der Waals surface area contributed by atoms with Gasteiger partial charge >= 0.3 is 0 Å². The van der Waals surface area contributed by atoms with E-state index in [0.717, 1.165) is 18.0 Å². The molecule has 3 nitrogen and oxygen atoms in total. The van der Waals surface area contributed by atoms with E-state index in [1.807, 2.05) is 12.1 Å². The van der Waals surface area contributed by atoms with Crippen molar-refractivity contribution in [3.8, 4) is 11.5 Å². The molecule has 146 valence electrons. The molecule has 3 rings (SSSR count). The van der Waals surface area contributed by atoms with Gasteiger partial charge in [-0.2, -0.15) is 0 Å². The second kappa shape index (κ2) is 10.4. The minimum Gasteiger partial charge on any atom is -0.493 e. The molecule has 0 unspecified atom stereocenters. The number of ether oxygens (including phenoxy) is 2. The van der Waals surface area contributed by atoms with E-state index in [0.29, 0.717) is 12.6 Å². The minimum atomic E-state index is 0.554. The molecule has 0 radical (unpaired) electrons. The lowest BCUT2D eigenvalue weighted by Gasteiger charge is -2.22. The molecule has 27 heavy (non-hydrogen) atoms. The molecule has 0 atom stereocenters. The van der Waals surface area contributed by atoms with E-state index in [-0.39, 0.29) is 0 Å². The fourth-order valence-corrected chi connectivity index (χ4v) is 3.90. The van der Waals surface area contributed by atoms with Crippen molar-refractivity contribution in [2.24, 2.45) is 0 Å². The summed E-state index contributed by atoms with van der Waals surface area (Å²) >= 11 is 0. The van der Waals surface area contributed by atoms with Crippen molar-refractivity contribution in [1.29, 1.82) is 0 Å². The van der Waals surface area contributed by atoms with Crippen LogP contribution in [0.2, 0.25) is 0 Å². The number of para-hydroxylation sites is 1. The molecule has 0 heterocycles. The maximum atomic E-state index is 6.22. The predicted octanol–water partition coefficient (Wildman–Crippen LogP) is 5.79. The van der Waals surface area contributed by atoms with Crippen LogP contribution in [0.25, 0.3) is 0 Å². The maximum Gasteiger partial charge on any atom is 0.166 e. The highest BCUT2D eigenvalue weighted by atomic mass is 16.5. The SMILES string of the molecule is COc1cccc(CNC2CCCCCCC2)c1OCc1cccc(C)c1. The first-order valence-electron chi connectivity index (χ1n) is 10.3. The maximum absolute atomic E-state index is 6.22. The zero-order chi connectivity index (χ0) is 18.9. The van der Waals surface area contributed by atoms with Crippen molar-refractivity contribution in [2.45, 2.75) is 71.1 Å². The van der Waals surface area contributed by atoms with Gasteiger partial charge in [0.15, 0.2) is 11.5 Å². The Labute approximate surface area is 164 Å². The van der Waals surface area contributed by atoms with Crippen LogP contribution in [0, 0.1) is 6.92 Å². The highest BCUT2D eigenvalue weighted by molar-refractivity contribution is 5.46. The highest BCUT2D eigenvalue weighted by Gasteiger charge is 2.14. The fraction of sp³-hybridized carbons (Fsp3) is 0.500. The average Bonchev–Trinajstić information content (AvgIpc) is 2.65. The van der Waals surface area contributed by atoms with Gasteiger partial charge in [0.2, 0.25) is 0 Å². The summed E-state index contributed by atoms with van der Waals surface area (Å²) in [6.45, 7) is 3.49. The number of benzene rings is 2. The van der Waals surface area contributed by atoms with E-state index in [1.54, 1.807) is 7.11 Å². The number of methoxy groups -OCH3 is 1. The van der Waals surface area contributed by atoms with Gasteiger partial charge in [-0.3, -0.25) is 0 Å². The van der Waals surface area contributed by atoms with Crippen molar-refractivity contribution < 1.29 is 9.47 Å². The Bertz CT molecular complexity index is 705. The summed E-state index contributed by atoms with van der Waals surface area (Å²) in [7, 11) is 1.71. The molecule has 2 aromatic rings. The van der Waals surface area contributed by atoms with E-state index in [9.17, 15) is 0 Å². The molecule has 0 saturated heterocycles. The number of rotatable bonds is 7. The molecule has 0 spiro atoms. The van der Waals surface area contributed by atoms with E-state index >= 15 is 0 Å². The standard InChI is InChI=1S/C24H33NO2/c1-19-10-8-11-20(16-19)18-27-24-21(12-9-15-23(24)26-2)17-25-22-13-6-4-3-5-7-14-22/h8-12,15-16,22,25H,3-7,13-14,17-18H2,1-2H3. The topological polar surface area (TPSA) is 30.5 Å². The quantitative estimate of drug-likeness (QED) is 0.672. The van der Waals surface area contributed by atoms with E-state index in [1.165, 1.54) is 61.6 Å². The Morgan fingerprint density at radius 2 is 1.70 bits per heavy atom. The van der Waals surface area contributed by atoms with Crippen LogP contribution in [0.3, 0.4) is 0 Å². The third-order valence-electron chi connectivity index (χ3n) is 5.43. The molecule has 0 aromatic heterocycles. The molecule has 1 aliphatic rings. The second-order valence-electron chi connectivity index (χ2n) is 7.65. The number of nitrogens with one attached hydrogen (secondary N) is 1. The predicted molar refractivity (Wildman–Crippen MR) is 111 cm³/mol. The molecule has 1 fully saturated rings. The first-order valence-corrected chi connectivity index (χ1v) is 10.3. The molecule has 1 saturated carbocycles. The van der Waals surface area contributed by atoms with Gasteiger partial charge < -0.3 is 14.8 Å². The van der Waals surface area contributed by atoms with Gasteiger partial charge in [0.1, 0.15) is 6.61 Å². The summed E-state index contributed by atoms with van der Waals surface area (Å²) in [5, 5.41) is 3.77. The van der Waals surface area contributed by atoms with Crippen molar-refractivity contribution in [2.75, 3.05) is 7.11 Å². The molecular formula is C24H33NO2. The molecule has 1 N–H and O–H groups in total. The number of hydrogen-bond donors (Lipinski definition) is 1. The molecular weight excluding hydrogens is 334 g/mol. The lowest BCUT2D eigenvalue weighted by molar-refractivity contribution is 0.279. The molecule has 1 aliphatic carbocycles. The summed E-state index contributed by atoms with van der Waals surface area (Å²) in [6, 6.07) is 15.2. The molecule has 3 heteroatoms. The van der Waals surface area contributed by atoms with Crippen LogP contribution in [0.1, 0.15) is 61.6 Å². The van der Waals surface area contributed by atoms with E-state index in [2.05, 4.69) is 42.6 Å². The Kier molecular flexibility index (Phi) is 7.58. The van der Waals surface area contributed by atoms with Gasteiger partial charge in [-0.15, -0.1) is 0 Å². The van der Waals surface area contributed by atoms with Crippen LogP contribution in [-0.2, 0) is 13.2 Å². The first-order chi connectivity index (χ1) is 13.3. The Morgan fingerprint density at radius 1 is 0.963 bits per heavy atom. The average molecular weight is 368 g/mol. The van der Waals surface area contributed by atoms with Gasteiger partial charge in [-0.25, -0.2) is 0 Å². The van der Waals surface area contributed by atoms with Crippen molar-refractivity contribution in [3.05, 3.63) is 59.2 Å². The zero-order valence-electron chi connectivity index (χ0n) is 16.8. The lowest BCUT2D eigenvalue weighted by Crippen LogP contribution is -2.29. The van der Waals surface area contributed by atoms with Crippen molar-refractivity contribution >= 4 is 0 Å². The van der Waals surface area contributed by atoms with Gasteiger partial charge in [-0.05, 0) is 31.4 Å². The fourth-order valence-electron chi connectivity index (χ4n) is 3.90. The largest absolute Gasteiger partial charge is 0.493 e. The summed E-state index contributed by atoms with van der Waals surface area (Å²) in [4.78, 5) is 0. The van der Waals surface area contributed by atoms with Gasteiger partial charge in [0, 0.05) is 18.2 Å². The Balaban J connectivity index is 1.67. The lowest BCUT2D eigenvalue weighted by atomic mass is 9.96. The zero-order valence-corrected chi connectivity index (χ0v) is 16.8. The molecule has 2 aromatic carbocycles. The van der Waals surface area contributed by atoms with Crippen LogP contribution in [0.5, 0.6) is 11.5 Å². The van der Waals surface area contributed by atoms with Crippen LogP contribution in [-0.4, -0.2) is 13.2 Å². The van der Waals surface area contributed by atoms with Gasteiger partial charge in [-0.1, -0.05) is 74.1 Å². The van der Waals surface area contributed by atoms with Crippen molar-refractivity contribution in [3.63, 3.8) is 0 Å². The van der Waals surface area contributed by atoms with Crippen molar-refractivity contribution in [1.82, 2.24) is 5.32 Å². The highest BCUT2D eigenvalue weighted by Crippen LogP contribution is 2.32. The monoisotopic (exact) mass is 367 g/mol. The summed E-state index contributed by atoms with van der Waals surface area (Å²) < 4.78 is 11.8. The first kappa shape index (κ1) is 19.8. The van der Waals surface area contributed by atoms with Crippen LogP contribution in [0.15, 0.2) is 42.5 Å². The Hall–Kier alpha value is -2.00. The number of aryl methyl sites for hydroxylation is 1. The number of hydrogen-bond acceptors (Lipinski definition) is 3. The molecule has 0 aliphatic heterocycles. The van der Waals surface area contributed by atoms with E-state index in [4.69, 9.17) is 9.47 Å². The normalized spacial score (nSPS) is 15.8. The summed E-state index contributed by atoms with van der Waals surface area (Å²) in [5.41, 5.74) is 3.60. The van der Waals surface area contributed by atoms with Gasteiger partial charge in [0.25, 0.3) is 0 Å².